The number of nitrogens with one attached hydrogen (secondary N) is 2. The van der Waals surface area contributed by atoms with Crippen molar-refractivity contribution in [1.82, 2.24) is 0 Å². The van der Waals surface area contributed by atoms with Gasteiger partial charge in [-0.25, -0.2) is 0 Å². The number of phenols is 1. The summed E-state index contributed by atoms with van der Waals surface area (Å²) in [5.41, 5.74) is 5.27. The number of quaternary nitrogens is 1. The zero-order valence-electron chi connectivity index (χ0n) is 13.2. The molecule has 5 rings (SSSR count). The van der Waals surface area contributed by atoms with Crippen molar-refractivity contribution < 1.29 is 14.8 Å². The van der Waals surface area contributed by atoms with Gasteiger partial charge in [0.05, 0.1) is 24.2 Å². The van der Waals surface area contributed by atoms with Gasteiger partial charge >= 0.3 is 0 Å². The average molecular weight is 309 g/mol. The maximum atomic E-state index is 12.0. The first kappa shape index (κ1) is 13.4. The molecule has 1 aliphatic carbocycles. The molecule has 3 N–H and O–H groups in total. The minimum absolute atomic E-state index is 0.102. The van der Waals surface area contributed by atoms with Gasteiger partial charge in [0.25, 0.3) is 0 Å². The van der Waals surface area contributed by atoms with Crippen molar-refractivity contribution in [2.75, 3.05) is 18.4 Å². The zero-order valence-corrected chi connectivity index (χ0v) is 13.2. The largest absolute Gasteiger partial charge is 0.506 e. The number of carbonyl (C=O) groups excluding carboxylic acids is 1. The Kier molecular flexibility index (Phi) is 2.48. The van der Waals surface area contributed by atoms with Crippen molar-refractivity contribution in [3.63, 3.8) is 0 Å². The van der Waals surface area contributed by atoms with Crippen LogP contribution in [0.25, 0.3) is 0 Å². The molecule has 2 bridgehead atoms. The third-order valence-corrected chi connectivity index (χ3v) is 6.66. The number of aromatic hydroxyl groups is 1. The molecule has 4 nitrogen and oxygen atoms in total. The first-order valence-corrected chi connectivity index (χ1v) is 8.49. The van der Waals surface area contributed by atoms with Crippen molar-refractivity contribution in [2.45, 2.75) is 31.2 Å². The summed E-state index contributed by atoms with van der Waals surface area (Å²) >= 11 is 0. The van der Waals surface area contributed by atoms with Crippen LogP contribution >= 0.6 is 0 Å². The van der Waals surface area contributed by atoms with Crippen molar-refractivity contribution in [3.05, 3.63) is 46.7 Å². The normalized spacial score (nSPS) is 38.3. The molecule has 1 spiro atoms. The van der Waals surface area contributed by atoms with Crippen LogP contribution in [0.5, 0.6) is 5.75 Å². The Morgan fingerprint density at radius 1 is 1.43 bits per heavy atom. The number of para-hydroxylation sites is 1. The SMILES string of the molecule is C/C=C1/C[NH+]2CC[C@]34C(=C(C=O)[C@H]1C[C@H]23)Nc1c(O)cccc14. The summed E-state index contributed by atoms with van der Waals surface area (Å²) in [5.74, 6) is 0.537. The number of phenolic OH excluding ortho intramolecular Hbond substituents is 1. The van der Waals surface area contributed by atoms with Gasteiger partial charge in [0.1, 0.15) is 18.1 Å². The van der Waals surface area contributed by atoms with Crippen molar-refractivity contribution in [2.24, 2.45) is 5.92 Å². The molecule has 3 aliphatic heterocycles. The van der Waals surface area contributed by atoms with Gasteiger partial charge in [-0.1, -0.05) is 18.2 Å². The van der Waals surface area contributed by atoms with E-state index in [-0.39, 0.29) is 11.3 Å². The van der Waals surface area contributed by atoms with Crippen LogP contribution in [0.4, 0.5) is 5.69 Å². The molecule has 4 atom stereocenters. The second-order valence-electron chi connectivity index (χ2n) is 7.28. The van der Waals surface area contributed by atoms with Crippen LogP contribution in [-0.2, 0) is 10.2 Å². The van der Waals surface area contributed by atoms with E-state index in [9.17, 15) is 9.90 Å². The number of allylic oxidation sites excluding steroid dienone is 2. The molecule has 2 saturated heterocycles. The molecule has 3 heterocycles. The minimum Gasteiger partial charge on any atom is -0.506 e. The predicted octanol–water partition coefficient (Wildman–Crippen LogP) is 1.15. The molecule has 118 valence electrons. The van der Waals surface area contributed by atoms with Gasteiger partial charge in [0.15, 0.2) is 0 Å². The molecule has 1 aromatic rings. The van der Waals surface area contributed by atoms with E-state index in [1.165, 1.54) is 11.1 Å². The Hall–Kier alpha value is -2.07. The molecular formula is C19H21N2O2+. The monoisotopic (exact) mass is 309 g/mol. The van der Waals surface area contributed by atoms with Crippen LogP contribution < -0.4 is 10.2 Å². The predicted molar refractivity (Wildman–Crippen MR) is 87.5 cm³/mol. The highest BCUT2D eigenvalue weighted by Gasteiger charge is 2.64. The Morgan fingerprint density at radius 3 is 3.09 bits per heavy atom. The molecular weight excluding hydrogens is 288 g/mol. The molecule has 2 fully saturated rings. The highest BCUT2D eigenvalue weighted by Crippen LogP contribution is 2.58. The summed E-state index contributed by atoms with van der Waals surface area (Å²) in [4.78, 5) is 13.6. The van der Waals surface area contributed by atoms with E-state index < -0.39 is 0 Å². The molecule has 1 unspecified atom stereocenters. The highest BCUT2D eigenvalue weighted by molar-refractivity contribution is 5.85. The van der Waals surface area contributed by atoms with Gasteiger partial charge in [0.2, 0.25) is 0 Å². The average Bonchev–Trinajstić information content (AvgIpc) is 3.12. The molecule has 4 heteroatoms. The molecule has 1 aromatic carbocycles. The second kappa shape index (κ2) is 4.26. The van der Waals surface area contributed by atoms with Gasteiger partial charge < -0.3 is 15.3 Å². The van der Waals surface area contributed by atoms with Crippen LogP contribution in [0, 0.1) is 5.92 Å². The van der Waals surface area contributed by atoms with Crippen LogP contribution in [0.1, 0.15) is 25.3 Å². The van der Waals surface area contributed by atoms with Crippen molar-refractivity contribution in [1.29, 1.82) is 0 Å². The number of piperidine rings is 1. The van der Waals surface area contributed by atoms with Crippen LogP contribution in [-0.4, -0.2) is 30.5 Å². The summed E-state index contributed by atoms with van der Waals surface area (Å²) in [5, 5.41) is 13.8. The number of hydrogen-bond donors (Lipinski definition) is 3. The van der Waals surface area contributed by atoms with Crippen molar-refractivity contribution in [3.8, 4) is 5.75 Å². The molecule has 0 radical (unpaired) electrons. The number of carbonyl (C=O) groups is 1. The fourth-order valence-electron chi connectivity index (χ4n) is 5.72. The topological polar surface area (TPSA) is 53.8 Å². The lowest BCUT2D eigenvalue weighted by Crippen LogP contribution is -3.16. The van der Waals surface area contributed by atoms with E-state index in [0.717, 1.165) is 49.2 Å². The van der Waals surface area contributed by atoms with Crippen LogP contribution in [0.3, 0.4) is 0 Å². The summed E-state index contributed by atoms with van der Waals surface area (Å²) in [6.07, 6.45) is 5.35. The number of hydrogen-bond acceptors (Lipinski definition) is 3. The third kappa shape index (κ3) is 1.39. The number of aldehydes is 1. The van der Waals surface area contributed by atoms with E-state index in [0.29, 0.717) is 11.8 Å². The van der Waals surface area contributed by atoms with Crippen molar-refractivity contribution >= 4 is 12.0 Å². The minimum atomic E-state index is -0.102. The fourth-order valence-corrected chi connectivity index (χ4v) is 5.72. The summed E-state index contributed by atoms with van der Waals surface area (Å²) in [6, 6.07) is 6.29. The molecule has 4 aliphatic rings. The lowest BCUT2D eigenvalue weighted by atomic mass is 9.62. The number of fused-ring (bicyclic) bond motifs is 2. The fraction of sp³-hybridized carbons (Fsp3) is 0.421. The zero-order chi connectivity index (χ0) is 15.8. The van der Waals surface area contributed by atoms with Gasteiger partial charge in [-0.15, -0.1) is 0 Å². The maximum absolute atomic E-state index is 12.0. The van der Waals surface area contributed by atoms with Crippen LogP contribution in [0.2, 0.25) is 0 Å². The van der Waals surface area contributed by atoms with Gasteiger partial charge in [-0.2, -0.15) is 0 Å². The molecule has 23 heavy (non-hydrogen) atoms. The van der Waals surface area contributed by atoms with E-state index in [4.69, 9.17) is 0 Å². The van der Waals surface area contributed by atoms with E-state index >= 15 is 0 Å². The second-order valence-corrected chi connectivity index (χ2v) is 7.28. The number of benzene rings is 1. The summed E-state index contributed by atoms with van der Waals surface area (Å²) < 4.78 is 0. The Balaban J connectivity index is 1.84. The quantitative estimate of drug-likeness (QED) is 0.414. The third-order valence-electron chi connectivity index (χ3n) is 6.66. The Morgan fingerprint density at radius 2 is 2.30 bits per heavy atom. The first-order chi connectivity index (χ1) is 11.2. The molecule has 0 amide bonds. The van der Waals surface area contributed by atoms with E-state index in [1.54, 1.807) is 11.0 Å². The Labute approximate surface area is 135 Å². The van der Waals surface area contributed by atoms with Gasteiger partial charge in [-0.3, -0.25) is 4.79 Å². The Bertz CT molecular complexity index is 795. The maximum Gasteiger partial charge on any atom is 0.148 e. The molecule has 0 aromatic heterocycles. The summed E-state index contributed by atoms with van der Waals surface area (Å²) in [7, 11) is 0. The molecule has 0 saturated carbocycles. The van der Waals surface area contributed by atoms with Gasteiger partial charge in [-0.05, 0) is 24.1 Å². The number of anilines is 1. The lowest BCUT2D eigenvalue weighted by molar-refractivity contribution is -0.914. The summed E-state index contributed by atoms with van der Waals surface area (Å²) in [6.45, 7) is 4.26. The number of rotatable bonds is 1. The first-order valence-electron chi connectivity index (χ1n) is 8.49. The van der Waals surface area contributed by atoms with Gasteiger partial charge in [0, 0.05) is 30.0 Å². The smallest absolute Gasteiger partial charge is 0.148 e. The highest BCUT2D eigenvalue weighted by atomic mass is 16.3. The van der Waals surface area contributed by atoms with E-state index in [2.05, 4.69) is 24.4 Å². The van der Waals surface area contributed by atoms with Crippen LogP contribution in [0.15, 0.2) is 41.1 Å². The standard InChI is InChI=1S/C19H20N2O2/c1-2-11-9-21-7-6-19-14-4-3-5-15(23)17(14)20-18(19)13(10-22)12(11)8-16(19)21/h2-5,10,12,16,20,23H,6-9H2,1H3/p+1/b11-2-/t12-,16-,19+/m0/s1. The lowest BCUT2D eigenvalue weighted by Gasteiger charge is -2.45. The van der Waals surface area contributed by atoms with E-state index in [1.807, 2.05) is 6.07 Å².